The van der Waals surface area contributed by atoms with E-state index in [-0.39, 0.29) is 17.2 Å². The number of aromatic nitrogens is 3. The maximum atomic E-state index is 12.4. The summed E-state index contributed by atoms with van der Waals surface area (Å²) < 4.78 is 1.88. The van der Waals surface area contributed by atoms with Crippen molar-refractivity contribution in [1.29, 1.82) is 0 Å². The summed E-state index contributed by atoms with van der Waals surface area (Å²) in [6.07, 6.45) is 1.58. The van der Waals surface area contributed by atoms with Crippen molar-refractivity contribution in [3.05, 3.63) is 80.8 Å². The normalized spacial score (nSPS) is 10.3. The third kappa shape index (κ3) is 4.64. The molecule has 136 valence electrons. The van der Waals surface area contributed by atoms with E-state index in [1.807, 2.05) is 0 Å². The van der Waals surface area contributed by atoms with Crippen molar-refractivity contribution >= 4 is 39.2 Å². The number of anilines is 2. The Labute approximate surface area is 162 Å². The van der Waals surface area contributed by atoms with Gasteiger partial charge in [0.05, 0.1) is 0 Å². The second kappa shape index (κ2) is 7.92. The highest BCUT2D eigenvalue weighted by atomic mass is 79.9. The molecule has 2 aromatic heterocycles. The van der Waals surface area contributed by atoms with E-state index in [9.17, 15) is 14.4 Å². The lowest BCUT2D eigenvalue weighted by atomic mass is 10.2. The summed E-state index contributed by atoms with van der Waals surface area (Å²) in [6, 6.07) is 12.5. The SMILES string of the molecule is Cn1nc(C(=O)Nc2cccc(C(=O)Nc3ccc(Br)cn3)c2)ccc1=O. The van der Waals surface area contributed by atoms with Crippen LogP contribution >= 0.6 is 15.9 Å². The Balaban J connectivity index is 1.73. The summed E-state index contributed by atoms with van der Waals surface area (Å²) in [7, 11) is 1.46. The highest BCUT2D eigenvalue weighted by Crippen LogP contribution is 2.15. The number of aryl methyl sites for hydroxylation is 1. The lowest BCUT2D eigenvalue weighted by Crippen LogP contribution is -2.23. The number of halogens is 1. The summed E-state index contributed by atoms with van der Waals surface area (Å²) in [5, 5.41) is 9.22. The first-order chi connectivity index (χ1) is 12.9. The molecule has 3 aromatic rings. The number of carbonyl (C=O) groups is 2. The molecule has 0 unspecified atom stereocenters. The van der Waals surface area contributed by atoms with Gasteiger partial charge in [0, 0.05) is 35.0 Å². The predicted octanol–water partition coefficient (Wildman–Crippen LogP) is 2.44. The van der Waals surface area contributed by atoms with Crippen molar-refractivity contribution in [3.63, 3.8) is 0 Å². The van der Waals surface area contributed by atoms with Crippen LogP contribution in [0, 0.1) is 0 Å². The van der Waals surface area contributed by atoms with Crippen molar-refractivity contribution in [1.82, 2.24) is 14.8 Å². The van der Waals surface area contributed by atoms with E-state index < -0.39 is 5.91 Å². The molecule has 0 spiro atoms. The van der Waals surface area contributed by atoms with Gasteiger partial charge in [0.1, 0.15) is 11.5 Å². The number of carbonyl (C=O) groups excluding carboxylic acids is 2. The topological polar surface area (TPSA) is 106 Å². The van der Waals surface area contributed by atoms with E-state index in [4.69, 9.17) is 0 Å². The summed E-state index contributed by atoms with van der Waals surface area (Å²) in [6.45, 7) is 0. The Hall–Kier alpha value is -3.33. The highest BCUT2D eigenvalue weighted by Gasteiger charge is 2.12. The molecule has 0 saturated heterocycles. The molecule has 0 atom stereocenters. The Morgan fingerprint density at radius 2 is 1.85 bits per heavy atom. The largest absolute Gasteiger partial charge is 0.321 e. The van der Waals surface area contributed by atoms with Crippen LogP contribution in [0.4, 0.5) is 11.5 Å². The monoisotopic (exact) mass is 427 g/mol. The Morgan fingerprint density at radius 1 is 1.04 bits per heavy atom. The molecule has 0 fully saturated rings. The molecule has 0 aliphatic rings. The van der Waals surface area contributed by atoms with Crippen LogP contribution in [0.15, 0.2) is 64.0 Å². The number of nitrogens with zero attached hydrogens (tertiary/aromatic N) is 3. The van der Waals surface area contributed by atoms with Gasteiger partial charge in [-0.15, -0.1) is 0 Å². The molecular weight excluding hydrogens is 414 g/mol. The van der Waals surface area contributed by atoms with Crippen LogP contribution < -0.4 is 16.2 Å². The molecule has 0 radical (unpaired) electrons. The van der Waals surface area contributed by atoms with Crippen LogP contribution in [-0.2, 0) is 7.05 Å². The van der Waals surface area contributed by atoms with Gasteiger partial charge in [0.2, 0.25) is 0 Å². The fraction of sp³-hybridized carbons (Fsp3) is 0.0556. The van der Waals surface area contributed by atoms with Crippen LogP contribution in [0.5, 0.6) is 0 Å². The Morgan fingerprint density at radius 3 is 2.56 bits per heavy atom. The number of rotatable bonds is 4. The predicted molar refractivity (Wildman–Crippen MR) is 104 cm³/mol. The van der Waals surface area contributed by atoms with Gasteiger partial charge in [0.15, 0.2) is 0 Å². The molecule has 8 nitrogen and oxygen atoms in total. The average molecular weight is 428 g/mol. The van der Waals surface area contributed by atoms with Gasteiger partial charge in [0.25, 0.3) is 17.4 Å². The lowest BCUT2D eigenvalue weighted by Gasteiger charge is -2.08. The molecule has 9 heteroatoms. The van der Waals surface area contributed by atoms with Gasteiger partial charge in [-0.2, -0.15) is 5.10 Å². The first kappa shape index (κ1) is 18.5. The molecular formula is C18H14BrN5O3. The number of nitrogens with one attached hydrogen (secondary N) is 2. The molecule has 2 heterocycles. The molecule has 0 saturated carbocycles. The Kier molecular flexibility index (Phi) is 5.41. The second-order valence-electron chi connectivity index (χ2n) is 5.53. The van der Waals surface area contributed by atoms with Gasteiger partial charge >= 0.3 is 0 Å². The number of benzene rings is 1. The maximum absolute atomic E-state index is 12.4. The van der Waals surface area contributed by atoms with E-state index in [0.29, 0.717) is 17.1 Å². The minimum atomic E-state index is -0.488. The minimum Gasteiger partial charge on any atom is -0.321 e. The first-order valence-electron chi connectivity index (χ1n) is 7.81. The van der Waals surface area contributed by atoms with Crippen LogP contribution in [0.3, 0.4) is 0 Å². The fourth-order valence-corrected chi connectivity index (χ4v) is 2.43. The Bertz CT molecular complexity index is 1060. The average Bonchev–Trinajstić information content (AvgIpc) is 2.66. The zero-order valence-corrected chi connectivity index (χ0v) is 15.7. The van der Waals surface area contributed by atoms with Crippen molar-refractivity contribution < 1.29 is 9.59 Å². The first-order valence-corrected chi connectivity index (χ1v) is 8.60. The summed E-state index contributed by atoms with van der Waals surface area (Å²) in [4.78, 5) is 40.1. The van der Waals surface area contributed by atoms with E-state index >= 15 is 0 Å². The quantitative estimate of drug-likeness (QED) is 0.664. The molecule has 2 N–H and O–H groups in total. The van der Waals surface area contributed by atoms with Crippen LogP contribution in [0.25, 0.3) is 0 Å². The van der Waals surface area contributed by atoms with Gasteiger partial charge in [-0.05, 0) is 52.3 Å². The third-order valence-corrected chi connectivity index (χ3v) is 4.01. The fourth-order valence-electron chi connectivity index (χ4n) is 2.19. The third-order valence-electron chi connectivity index (χ3n) is 3.54. The summed E-state index contributed by atoms with van der Waals surface area (Å²) in [5.74, 6) is -0.439. The van der Waals surface area contributed by atoms with Gasteiger partial charge < -0.3 is 10.6 Å². The summed E-state index contributed by atoms with van der Waals surface area (Å²) >= 11 is 3.28. The van der Waals surface area contributed by atoms with E-state index in [1.54, 1.807) is 36.5 Å². The number of amides is 2. The minimum absolute atomic E-state index is 0.0889. The van der Waals surface area contributed by atoms with Crippen LogP contribution in [0.1, 0.15) is 20.8 Å². The lowest BCUT2D eigenvalue weighted by molar-refractivity contribution is 0.101. The van der Waals surface area contributed by atoms with Crippen LogP contribution in [-0.4, -0.2) is 26.6 Å². The zero-order valence-electron chi connectivity index (χ0n) is 14.1. The standard InChI is InChI=1S/C18H14BrN5O3/c1-24-16(25)8-6-14(23-24)18(27)21-13-4-2-3-11(9-13)17(26)22-15-7-5-12(19)10-20-15/h2-10H,1H3,(H,21,27)(H,20,22,26). The number of pyridine rings is 1. The van der Waals surface area contributed by atoms with E-state index in [1.165, 1.54) is 25.2 Å². The zero-order chi connectivity index (χ0) is 19.4. The second-order valence-corrected chi connectivity index (χ2v) is 6.45. The van der Waals surface area contributed by atoms with E-state index in [0.717, 1.165) is 9.15 Å². The van der Waals surface area contributed by atoms with Gasteiger partial charge in [-0.3, -0.25) is 14.4 Å². The summed E-state index contributed by atoms with van der Waals surface area (Å²) in [5.41, 5.74) is 0.552. The molecule has 27 heavy (non-hydrogen) atoms. The molecule has 0 aliphatic carbocycles. The van der Waals surface area contributed by atoms with Gasteiger partial charge in [-0.1, -0.05) is 6.07 Å². The van der Waals surface area contributed by atoms with Crippen molar-refractivity contribution in [2.24, 2.45) is 7.05 Å². The molecule has 2 amide bonds. The van der Waals surface area contributed by atoms with Crippen molar-refractivity contribution in [2.45, 2.75) is 0 Å². The molecule has 3 rings (SSSR count). The van der Waals surface area contributed by atoms with Crippen molar-refractivity contribution in [2.75, 3.05) is 10.6 Å². The van der Waals surface area contributed by atoms with Crippen molar-refractivity contribution in [3.8, 4) is 0 Å². The maximum Gasteiger partial charge on any atom is 0.276 e. The van der Waals surface area contributed by atoms with Gasteiger partial charge in [-0.25, -0.2) is 9.67 Å². The van der Waals surface area contributed by atoms with Crippen LogP contribution in [0.2, 0.25) is 0 Å². The molecule has 0 bridgehead atoms. The number of hydrogen-bond donors (Lipinski definition) is 2. The molecule has 1 aromatic carbocycles. The highest BCUT2D eigenvalue weighted by molar-refractivity contribution is 9.10. The molecule has 0 aliphatic heterocycles. The number of hydrogen-bond acceptors (Lipinski definition) is 5. The van der Waals surface area contributed by atoms with E-state index in [2.05, 4.69) is 36.6 Å². The smallest absolute Gasteiger partial charge is 0.276 e.